The molecule has 1 aromatic carbocycles. The first-order valence-corrected chi connectivity index (χ1v) is 8.78. The highest BCUT2D eigenvalue weighted by Crippen LogP contribution is 2.32. The summed E-state index contributed by atoms with van der Waals surface area (Å²) < 4.78 is 1.82. The topological polar surface area (TPSA) is 72.7 Å². The van der Waals surface area contributed by atoms with E-state index in [9.17, 15) is 9.59 Å². The van der Waals surface area contributed by atoms with Crippen LogP contribution in [0.3, 0.4) is 0 Å². The van der Waals surface area contributed by atoms with Crippen molar-refractivity contribution < 1.29 is 14.2 Å². The quantitative estimate of drug-likeness (QED) is 0.797. The molecule has 1 atom stereocenters. The molecule has 9 heteroatoms. The van der Waals surface area contributed by atoms with Crippen molar-refractivity contribution in [2.75, 3.05) is 7.05 Å². The highest BCUT2D eigenvalue weighted by Gasteiger charge is 2.53. The summed E-state index contributed by atoms with van der Waals surface area (Å²) in [5, 5.41) is 0.822. The number of urea groups is 1. The molecule has 3 heterocycles. The molecule has 0 saturated carbocycles. The Morgan fingerprint density at radius 1 is 1.23 bits per heavy atom. The molecule has 1 fully saturated rings. The van der Waals surface area contributed by atoms with Gasteiger partial charge in [0.15, 0.2) is 0 Å². The van der Waals surface area contributed by atoms with Crippen LogP contribution in [0.25, 0.3) is 0 Å². The minimum absolute atomic E-state index is 0.00262. The molecule has 2 aromatic rings. The Morgan fingerprint density at radius 3 is 2.54 bits per heavy atom. The van der Waals surface area contributed by atoms with Crippen molar-refractivity contribution in [3.63, 3.8) is 0 Å². The van der Waals surface area contributed by atoms with Gasteiger partial charge in [-0.15, -0.1) is 0 Å². The number of aliphatic imine (C=N–C) groups is 1. The largest absolute Gasteiger partial charge is 0.399 e. The monoisotopic (exact) mass is 392 g/mol. The van der Waals surface area contributed by atoms with E-state index in [0.717, 1.165) is 11.4 Å². The molecule has 1 N–H and O–H groups in total. The second-order valence-electron chi connectivity index (χ2n) is 6.37. The number of imide groups is 1. The first-order valence-electron chi connectivity index (χ1n) is 8.02. The van der Waals surface area contributed by atoms with Crippen molar-refractivity contribution in [1.29, 1.82) is 0 Å². The number of aromatic amines is 1. The zero-order valence-electron chi connectivity index (χ0n) is 14.4. The van der Waals surface area contributed by atoms with Gasteiger partial charge in [-0.25, -0.2) is 14.3 Å². The highest BCUT2D eigenvalue weighted by atomic mass is 35.5. The van der Waals surface area contributed by atoms with Crippen molar-refractivity contribution in [3.05, 3.63) is 45.2 Å². The lowest BCUT2D eigenvalue weighted by molar-refractivity contribution is -0.682. The molecule has 2 aliphatic heterocycles. The van der Waals surface area contributed by atoms with Gasteiger partial charge in [-0.3, -0.25) is 14.6 Å². The van der Waals surface area contributed by atoms with Crippen molar-refractivity contribution in [2.45, 2.75) is 26.4 Å². The summed E-state index contributed by atoms with van der Waals surface area (Å²) in [6, 6.07) is 3.94. The number of carbonyl (C=O) groups excluding carboxylic acids is 2. The van der Waals surface area contributed by atoms with E-state index in [-0.39, 0.29) is 12.5 Å². The third-order valence-electron chi connectivity index (χ3n) is 4.89. The minimum Gasteiger partial charge on any atom is -0.270 e. The minimum atomic E-state index is -0.682. The second-order valence-corrected chi connectivity index (χ2v) is 7.18. The maximum Gasteiger partial charge on any atom is 0.399 e. The molecule has 4 rings (SSSR count). The van der Waals surface area contributed by atoms with Crippen LogP contribution < -0.4 is 4.57 Å². The lowest BCUT2D eigenvalue weighted by Gasteiger charge is -2.33. The van der Waals surface area contributed by atoms with Crippen LogP contribution in [0.1, 0.15) is 23.0 Å². The first kappa shape index (κ1) is 17.1. The van der Waals surface area contributed by atoms with Gasteiger partial charge in [0.05, 0.1) is 6.54 Å². The number of imidazole rings is 1. The van der Waals surface area contributed by atoms with Gasteiger partial charge in [0.1, 0.15) is 11.4 Å². The molecule has 1 aromatic heterocycles. The van der Waals surface area contributed by atoms with Crippen molar-refractivity contribution in [2.24, 2.45) is 4.99 Å². The second kappa shape index (κ2) is 5.82. The van der Waals surface area contributed by atoms with Crippen LogP contribution in [0.5, 0.6) is 0 Å². The summed E-state index contributed by atoms with van der Waals surface area (Å²) in [5.74, 6) is 0.621. The number of amides is 3. The highest BCUT2D eigenvalue weighted by molar-refractivity contribution is 6.36. The molecule has 3 amide bonds. The number of aromatic nitrogens is 2. The number of aryl methyl sites for hydroxylation is 1. The summed E-state index contributed by atoms with van der Waals surface area (Å²) in [7, 11) is 1.61. The van der Waals surface area contributed by atoms with Crippen molar-refractivity contribution in [3.8, 4) is 0 Å². The standard InChI is InChI=1S/C17H15Cl2N5O2/c1-8-9(2)24-13-14(21-16(24)20-8)22(3)17(26)23(15(13)25)7-10-11(18)5-4-6-12(10)19/h4-6,13H,7H2,1-3H3/p+1. The SMILES string of the molecule is Cc1[nH]c2[n+](c1C)C1C(=O)N(Cc3c(Cl)cccc3Cl)C(=O)N(C)C1=N2. The Balaban J connectivity index is 1.77. The smallest absolute Gasteiger partial charge is 0.270 e. The van der Waals surface area contributed by atoms with Crippen LogP contribution in [0.15, 0.2) is 23.2 Å². The van der Waals surface area contributed by atoms with Gasteiger partial charge in [0, 0.05) is 22.7 Å². The summed E-state index contributed by atoms with van der Waals surface area (Å²) in [6.07, 6.45) is 0. The van der Waals surface area contributed by atoms with Gasteiger partial charge in [-0.1, -0.05) is 34.3 Å². The number of amidine groups is 1. The summed E-state index contributed by atoms with van der Waals surface area (Å²) >= 11 is 12.4. The van der Waals surface area contributed by atoms with Crippen molar-refractivity contribution in [1.82, 2.24) is 14.8 Å². The third kappa shape index (κ3) is 2.27. The Hall–Kier alpha value is -2.38. The lowest BCUT2D eigenvalue weighted by atomic mass is 10.1. The van der Waals surface area contributed by atoms with E-state index in [1.54, 1.807) is 25.2 Å². The number of nitrogens with one attached hydrogen (secondary N) is 1. The van der Waals surface area contributed by atoms with Gasteiger partial charge in [-0.2, -0.15) is 0 Å². The van der Waals surface area contributed by atoms with Gasteiger partial charge < -0.3 is 0 Å². The number of halogens is 2. The average Bonchev–Trinajstić information content (AvgIpc) is 3.09. The molecule has 7 nitrogen and oxygen atoms in total. The van der Waals surface area contributed by atoms with E-state index in [2.05, 4.69) is 9.98 Å². The zero-order valence-corrected chi connectivity index (χ0v) is 15.9. The molecule has 0 bridgehead atoms. The Labute approximate surface area is 159 Å². The maximum atomic E-state index is 13.2. The Morgan fingerprint density at radius 2 is 1.88 bits per heavy atom. The predicted molar refractivity (Wildman–Crippen MR) is 96.8 cm³/mol. The fourth-order valence-corrected chi connectivity index (χ4v) is 3.85. The van der Waals surface area contributed by atoms with Gasteiger partial charge in [0.25, 0.3) is 5.91 Å². The lowest BCUT2D eigenvalue weighted by Crippen LogP contribution is -2.63. The number of H-pyrrole nitrogens is 1. The van der Waals surface area contributed by atoms with Gasteiger partial charge in [0.2, 0.25) is 11.9 Å². The fourth-order valence-electron chi connectivity index (χ4n) is 3.33. The molecule has 1 unspecified atom stereocenters. The molecular formula is C17H16Cl2N5O2+. The summed E-state index contributed by atoms with van der Waals surface area (Å²) in [5.41, 5.74) is 2.36. The summed E-state index contributed by atoms with van der Waals surface area (Å²) in [4.78, 5) is 36.1. The third-order valence-corrected chi connectivity index (χ3v) is 5.60. The van der Waals surface area contributed by atoms with Crippen LogP contribution in [0, 0.1) is 13.8 Å². The number of hydrogen-bond donors (Lipinski definition) is 1. The molecular weight excluding hydrogens is 377 g/mol. The first-order chi connectivity index (χ1) is 12.3. The maximum absolute atomic E-state index is 13.2. The van der Waals surface area contributed by atoms with E-state index in [1.807, 2.05) is 18.4 Å². The molecule has 134 valence electrons. The van der Waals surface area contributed by atoms with E-state index in [1.165, 1.54) is 9.80 Å². The normalized spacial score (nSPS) is 19.0. The number of fused-ring (bicyclic) bond motifs is 3. The number of likely N-dealkylation sites (N-methyl/N-ethyl adjacent to an activating group) is 1. The molecule has 0 spiro atoms. The average molecular weight is 393 g/mol. The van der Waals surface area contributed by atoms with Gasteiger partial charge >= 0.3 is 12.0 Å². The molecule has 0 radical (unpaired) electrons. The number of benzene rings is 1. The van der Waals surface area contributed by atoms with Crippen LogP contribution in [0.2, 0.25) is 10.0 Å². The van der Waals surface area contributed by atoms with Gasteiger partial charge in [-0.05, 0) is 26.0 Å². The van der Waals surface area contributed by atoms with E-state index >= 15 is 0 Å². The number of rotatable bonds is 2. The van der Waals surface area contributed by atoms with Crippen LogP contribution in [-0.4, -0.2) is 39.6 Å². The zero-order chi connectivity index (χ0) is 18.7. The number of carbonyl (C=O) groups is 2. The number of hydrogen-bond acceptors (Lipinski definition) is 3. The molecule has 2 aliphatic rings. The predicted octanol–water partition coefficient (Wildman–Crippen LogP) is 2.90. The fraction of sp³-hybridized carbons (Fsp3) is 0.294. The summed E-state index contributed by atoms with van der Waals surface area (Å²) in [6.45, 7) is 3.83. The molecule has 0 aliphatic carbocycles. The van der Waals surface area contributed by atoms with E-state index < -0.39 is 12.1 Å². The molecule has 1 saturated heterocycles. The number of nitrogens with zero attached hydrogens (tertiary/aromatic N) is 4. The van der Waals surface area contributed by atoms with Crippen LogP contribution in [0.4, 0.5) is 10.7 Å². The van der Waals surface area contributed by atoms with Crippen LogP contribution >= 0.6 is 23.2 Å². The van der Waals surface area contributed by atoms with Crippen molar-refractivity contribution >= 4 is 46.9 Å². The van der Waals surface area contributed by atoms with E-state index in [4.69, 9.17) is 23.2 Å². The molecule has 26 heavy (non-hydrogen) atoms. The Kier molecular flexibility index (Phi) is 3.82. The Bertz CT molecular complexity index is 977. The van der Waals surface area contributed by atoms with Crippen LogP contribution in [-0.2, 0) is 11.3 Å². The van der Waals surface area contributed by atoms with E-state index in [0.29, 0.717) is 27.4 Å².